The third-order valence-electron chi connectivity index (χ3n) is 6.21. The highest BCUT2D eigenvalue weighted by atomic mass is 19.1. The molecular formula is C24H21FN4O4. The second-order valence-corrected chi connectivity index (χ2v) is 8.91. The van der Waals surface area contributed by atoms with Crippen LogP contribution in [0.1, 0.15) is 18.1 Å². The summed E-state index contributed by atoms with van der Waals surface area (Å²) in [6.45, 7) is 4.08. The van der Waals surface area contributed by atoms with Gasteiger partial charge in [0.1, 0.15) is 24.4 Å². The number of hydrogen-bond donors (Lipinski definition) is 1. The number of ether oxygens (including phenoxy) is 4. The largest absolute Gasteiger partial charge is 0.493 e. The lowest BCUT2D eigenvalue weighted by molar-refractivity contribution is -0.120. The molecule has 8 nitrogen and oxygen atoms in total. The highest BCUT2D eigenvalue weighted by molar-refractivity contribution is 5.78. The molecule has 6 rings (SSSR count). The van der Waals surface area contributed by atoms with Crippen LogP contribution in [0.25, 0.3) is 11.1 Å². The van der Waals surface area contributed by atoms with Gasteiger partial charge in [0.2, 0.25) is 0 Å². The average molecular weight is 448 g/mol. The Bertz CT molecular complexity index is 1280. The first-order valence-corrected chi connectivity index (χ1v) is 10.6. The Morgan fingerprint density at radius 1 is 1.06 bits per heavy atom. The minimum atomic E-state index is -1.07. The van der Waals surface area contributed by atoms with Crippen molar-refractivity contribution in [3.63, 3.8) is 0 Å². The second-order valence-electron chi connectivity index (χ2n) is 8.91. The molecule has 3 aromatic rings. The van der Waals surface area contributed by atoms with Gasteiger partial charge in [-0.1, -0.05) is 6.92 Å². The zero-order valence-electron chi connectivity index (χ0n) is 17.9. The van der Waals surface area contributed by atoms with E-state index in [0.717, 1.165) is 0 Å². The van der Waals surface area contributed by atoms with Crippen LogP contribution in [0.15, 0.2) is 54.0 Å². The molecule has 1 aromatic heterocycles. The van der Waals surface area contributed by atoms with Crippen LogP contribution in [0.5, 0.6) is 17.2 Å². The molecule has 0 unspecified atom stereocenters. The Hall–Kier alpha value is -3.72. The number of fused-ring (bicyclic) bond motifs is 4. The zero-order valence-corrected chi connectivity index (χ0v) is 17.9. The third kappa shape index (κ3) is 3.19. The number of amidine groups is 1. The summed E-state index contributed by atoms with van der Waals surface area (Å²) >= 11 is 0. The molecule has 1 spiro atoms. The summed E-state index contributed by atoms with van der Waals surface area (Å²) in [5.41, 5.74) is 7.36. The Morgan fingerprint density at radius 3 is 2.58 bits per heavy atom. The summed E-state index contributed by atoms with van der Waals surface area (Å²) in [7, 11) is 0. The maximum atomic E-state index is 15.3. The van der Waals surface area contributed by atoms with Crippen molar-refractivity contribution in [3.05, 3.63) is 66.0 Å². The molecule has 4 heterocycles. The summed E-state index contributed by atoms with van der Waals surface area (Å²) in [6.07, 6.45) is 4.67. The molecule has 3 aliphatic heterocycles. The van der Waals surface area contributed by atoms with Gasteiger partial charge in [-0.05, 0) is 35.9 Å². The second kappa shape index (κ2) is 7.14. The first-order valence-electron chi connectivity index (χ1n) is 10.6. The van der Waals surface area contributed by atoms with E-state index >= 15 is 4.39 Å². The first-order chi connectivity index (χ1) is 16.0. The maximum absolute atomic E-state index is 15.3. The summed E-state index contributed by atoms with van der Waals surface area (Å²) in [4.78, 5) is 12.7. The molecule has 1 saturated heterocycles. The highest BCUT2D eigenvalue weighted by Gasteiger charge is 2.48. The van der Waals surface area contributed by atoms with Gasteiger partial charge in [0.15, 0.2) is 17.1 Å². The smallest absolute Gasteiger partial charge is 0.283 e. The lowest BCUT2D eigenvalue weighted by Gasteiger charge is -2.38. The predicted octanol–water partition coefficient (Wildman–Crippen LogP) is 3.39. The van der Waals surface area contributed by atoms with E-state index in [2.05, 4.69) is 21.9 Å². The molecule has 2 aromatic carbocycles. The molecule has 3 aliphatic rings. The van der Waals surface area contributed by atoms with Crippen molar-refractivity contribution in [3.8, 4) is 28.4 Å². The number of aliphatic imine (C=N–C) groups is 1. The van der Waals surface area contributed by atoms with Crippen molar-refractivity contribution in [2.24, 2.45) is 16.1 Å². The summed E-state index contributed by atoms with van der Waals surface area (Å²) in [5, 5.41) is 0. The van der Waals surface area contributed by atoms with Crippen molar-refractivity contribution in [2.75, 3.05) is 26.4 Å². The van der Waals surface area contributed by atoms with E-state index in [0.29, 0.717) is 53.6 Å². The fraction of sp³-hybridized carbons (Fsp3) is 0.292. The van der Waals surface area contributed by atoms with Crippen LogP contribution >= 0.6 is 0 Å². The quantitative estimate of drug-likeness (QED) is 0.653. The van der Waals surface area contributed by atoms with Crippen molar-refractivity contribution < 1.29 is 23.3 Å². The Kier molecular flexibility index (Phi) is 4.31. The van der Waals surface area contributed by atoms with Gasteiger partial charge in [-0.2, -0.15) is 0 Å². The molecule has 9 heteroatoms. The van der Waals surface area contributed by atoms with Crippen LogP contribution in [0.2, 0.25) is 0 Å². The first kappa shape index (κ1) is 19.9. The standard InChI is InChI=1S/C24H21FN4O4/c1-23(9-30-10-23)11-31-16-2-3-20-17(6-16)24(12-32-22(26)29-24)18-4-14(5-19(25)21(18)33-20)15-7-27-13-28-8-15/h2-8,13H,9-12H2,1H3,(H2,26,29)/t24-/m1/s1. The number of halogens is 1. The van der Waals surface area contributed by atoms with Crippen LogP contribution in [0, 0.1) is 11.2 Å². The van der Waals surface area contributed by atoms with Gasteiger partial charge < -0.3 is 24.7 Å². The average Bonchev–Trinajstić information content (AvgIpc) is 3.20. The topological polar surface area (TPSA) is 101 Å². The lowest BCUT2D eigenvalue weighted by Crippen LogP contribution is -2.44. The predicted molar refractivity (Wildman–Crippen MR) is 117 cm³/mol. The Morgan fingerprint density at radius 2 is 1.88 bits per heavy atom. The van der Waals surface area contributed by atoms with E-state index in [1.165, 1.54) is 12.4 Å². The molecule has 0 radical (unpaired) electrons. The molecule has 168 valence electrons. The molecule has 0 aliphatic carbocycles. The Balaban J connectivity index is 1.46. The van der Waals surface area contributed by atoms with E-state index in [1.807, 2.05) is 12.1 Å². The van der Waals surface area contributed by atoms with Gasteiger partial charge in [-0.3, -0.25) is 0 Å². The molecule has 0 bridgehead atoms. The number of rotatable bonds is 4. The van der Waals surface area contributed by atoms with Crippen molar-refractivity contribution in [1.29, 1.82) is 0 Å². The van der Waals surface area contributed by atoms with E-state index in [-0.39, 0.29) is 23.8 Å². The van der Waals surface area contributed by atoms with Crippen LogP contribution < -0.4 is 15.2 Å². The van der Waals surface area contributed by atoms with Gasteiger partial charge in [0.05, 0.1) is 19.8 Å². The van der Waals surface area contributed by atoms with E-state index in [1.54, 1.807) is 24.5 Å². The van der Waals surface area contributed by atoms with Crippen LogP contribution in [-0.2, 0) is 15.0 Å². The van der Waals surface area contributed by atoms with Crippen molar-refractivity contribution in [1.82, 2.24) is 9.97 Å². The van der Waals surface area contributed by atoms with Crippen LogP contribution in [0.4, 0.5) is 4.39 Å². The van der Waals surface area contributed by atoms with Gasteiger partial charge in [-0.15, -0.1) is 0 Å². The van der Waals surface area contributed by atoms with Crippen molar-refractivity contribution in [2.45, 2.75) is 12.5 Å². The van der Waals surface area contributed by atoms with Crippen LogP contribution in [0.3, 0.4) is 0 Å². The van der Waals surface area contributed by atoms with E-state index in [4.69, 9.17) is 24.7 Å². The number of hydrogen-bond acceptors (Lipinski definition) is 8. The maximum Gasteiger partial charge on any atom is 0.283 e. The monoisotopic (exact) mass is 448 g/mol. The normalized spacial score (nSPS) is 21.8. The van der Waals surface area contributed by atoms with E-state index < -0.39 is 11.4 Å². The highest BCUT2D eigenvalue weighted by Crippen LogP contribution is 2.53. The molecule has 1 atom stereocenters. The molecule has 2 N–H and O–H groups in total. The number of nitrogens with two attached hydrogens (primary N) is 1. The lowest BCUT2D eigenvalue weighted by atomic mass is 9.80. The third-order valence-corrected chi connectivity index (χ3v) is 6.21. The SMILES string of the molecule is CC1(COc2ccc3c(c2)[C@]2(COC(N)=N2)c2cc(-c4cncnc4)cc(F)c2O3)COC1. The molecule has 1 fully saturated rings. The fourth-order valence-electron chi connectivity index (χ4n) is 4.38. The van der Waals surface area contributed by atoms with Crippen LogP contribution in [-0.4, -0.2) is 42.4 Å². The van der Waals surface area contributed by atoms with Gasteiger partial charge in [-0.25, -0.2) is 19.4 Å². The number of benzene rings is 2. The number of nitrogens with zero attached hydrogens (tertiary/aromatic N) is 3. The summed E-state index contributed by atoms with van der Waals surface area (Å²) in [5.74, 6) is 0.708. The van der Waals surface area contributed by atoms with Gasteiger partial charge in [0.25, 0.3) is 6.02 Å². The molecule has 33 heavy (non-hydrogen) atoms. The van der Waals surface area contributed by atoms with Gasteiger partial charge >= 0.3 is 0 Å². The molecule has 0 amide bonds. The fourth-order valence-corrected chi connectivity index (χ4v) is 4.38. The molecule has 0 saturated carbocycles. The van der Waals surface area contributed by atoms with E-state index in [9.17, 15) is 0 Å². The molecular weight excluding hydrogens is 427 g/mol. The number of aromatic nitrogens is 2. The van der Waals surface area contributed by atoms with Gasteiger partial charge in [0, 0.05) is 34.5 Å². The summed E-state index contributed by atoms with van der Waals surface area (Å²) in [6, 6.07) is 8.69. The minimum absolute atomic E-state index is 0.00841. The minimum Gasteiger partial charge on any atom is -0.493 e. The van der Waals surface area contributed by atoms with Crippen molar-refractivity contribution >= 4 is 6.02 Å². The Labute approximate surface area is 189 Å². The zero-order chi connectivity index (χ0) is 22.6. The summed E-state index contributed by atoms with van der Waals surface area (Å²) < 4.78 is 38.3.